The first-order chi connectivity index (χ1) is 16.5. The summed E-state index contributed by atoms with van der Waals surface area (Å²) >= 11 is 0. The summed E-state index contributed by atoms with van der Waals surface area (Å²) in [5, 5.41) is 1.92. The van der Waals surface area contributed by atoms with E-state index in [1.807, 2.05) is 56.4 Å². The predicted octanol–water partition coefficient (Wildman–Crippen LogP) is 5.99. The molecule has 0 bridgehead atoms. The van der Waals surface area contributed by atoms with Crippen molar-refractivity contribution in [1.29, 1.82) is 0 Å². The topological polar surface area (TPSA) is 56.9 Å². The Morgan fingerprint density at radius 1 is 0.882 bits per heavy atom. The Morgan fingerprint density at radius 3 is 2.09 bits per heavy atom. The van der Waals surface area contributed by atoms with Gasteiger partial charge in [0.25, 0.3) is 0 Å². The largest absolute Gasteiger partial charge is 0.326 e. The zero-order chi connectivity index (χ0) is 23.6. The molecule has 0 saturated heterocycles. The van der Waals surface area contributed by atoms with Gasteiger partial charge in [0.1, 0.15) is 5.82 Å². The second-order valence-electron chi connectivity index (χ2n) is 8.84. The highest BCUT2D eigenvalue weighted by molar-refractivity contribution is 6.42. The highest BCUT2D eigenvalue weighted by Crippen LogP contribution is 2.33. The number of allylic oxidation sites excluding steroid dienone is 1. The average Bonchev–Trinajstić information content (AvgIpc) is 3.43. The summed E-state index contributed by atoms with van der Waals surface area (Å²) in [5.41, 5.74) is 6.04. The molecule has 0 spiro atoms. The third kappa shape index (κ3) is 2.90. The SMILES string of the molecule is CCn1c(C=C2C(=O)c3cc4ccccc4cc3C2=O)cc2c1nc(-c1ccc(C)cc1)n2C. The lowest BCUT2D eigenvalue weighted by atomic mass is 10.0. The molecule has 0 unspecified atom stereocenters. The van der Waals surface area contributed by atoms with Crippen LogP contribution in [0.2, 0.25) is 0 Å². The number of Topliss-reactive ketones (excluding diaryl/α,β-unsaturated/α-hetero) is 2. The minimum Gasteiger partial charge on any atom is -0.326 e. The number of aromatic nitrogens is 3. The molecule has 0 aliphatic heterocycles. The second kappa shape index (κ2) is 7.39. The van der Waals surface area contributed by atoms with Crippen LogP contribution in [0.4, 0.5) is 0 Å². The van der Waals surface area contributed by atoms with Gasteiger partial charge in [0, 0.05) is 36.0 Å². The van der Waals surface area contributed by atoms with Gasteiger partial charge in [-0.15, -0.1) is 0 Å². The lowest BCUT2D eigenvalue weighted by Gasteiger charge is -2.05. The van der Waals surface area contributed by atoms with E-state index in [1.165, 1.54) is 5.56 Å². The zero-order valence-corrected chi connectivity index (χ0v) is 19.3. The van der Waals surface area contributed by atoms with Gasteiger partial charge in [-0.05, 0) is 48.9 Å². The van der Waals surface area contributed by atoms with Crippen molar-refractivity contribution in [2.24, 2.45) is 7.05 Å². The molecule has 166 valence electrons. The number of aryl methyl sites for hydroxylation is 3. The molecule has 5 nitrogen and oxygen atoms in total. The van der Waals surface area contributed by atoms with Crippen molar-refractivity contribution in [3.8, 4) is 11.4 Å². The van der Waals surface area contributed by atoms with Crippen LogP contribution in [0.3, 0.4) is 0 Å². The highest BCUT2D eigenvalue weighted by atomic mass is 16.2. The Labute approximate surface area is 197 Å². The van der Waals surface area contributed by atoms with Gasteiger partial charge in [-0.1, -0.05) is 54.1 Å². The van der Waals surface area contributed by atoms with Gasteiger partial charge in [-0.3, -0.25) is 9.59 Å². The first-order valence-corrected chi connectivity index (χ1v) is 11.4. The monoisotopic (exact) mass is 445 g/mol. The van der Waals surface area contributed by atoms with Crippen LogP contribution in [0.25, 0.3) is 39.4 Å². The van der Waals surface area contributed by atoms with Crippen LogP contribution in [0.15, 0.2) is 72.3 Å². The van der Waals surface area contributed by atoms with Crippen LogP contribution in [-0.2, 0) is 13.6 Å². The van der Waals surface area contributed by atoms with Crippen molar-refractivity contribution in [2.45, 2.75) is 20.4 Å². The van der Waals surface area contributed by atoms with Crippen LogP contribution in [0.1, 0.15) is 38.9 Å². The van der Waals surface area contributed by atoms with Gasteiger partial charge in [0.05, 0.1) is 11.1 Å². The number of nitrogens with zero attached hydrogens (tertiary/aromatic N) is 3. The van der Waals surface area contributed by atoms with Gasteiger partial charge >= 0.3 is 0 Å². The van der Waals surface area contributed by atoms with E-state index in [2.05, 4.69) is 40.3 Å². The summed E-state index contributed by atoms with van der Waals surface area (Å²) in [6, 6.07) is 21.8. The van der Waals surface area contributed by atoms with E-state index >= 15 is 0 Å². The van der Waals surface area contributed by atoms with Crippen LogP contribution in [-0.4, -0.2) is 25.7 Å². The molecular formula is C29H23N3O2. The standard InChI is InChI=1S/C29H23N3O2/c1-4-32-21(16-25-29(32)30-28(31(25)3)18-11-9-17(2)10-12-18)15-24-26(33)22-13-19-7-5-6-8-20(19)14-23(22)27(24)34/h5-16H,4H2,1-3H3. The fourth-order valence-corrected chi connectivity index (χ4v) is 4.90. The Bertz CT molecular complexity index is 1620. The van der Waals surface area contributed by atoms with E-state index < -0.39 is 0 Å². The maximum atomic E-state index is 13.2. The molecule has 2 aromatic heterocycles. The molecule has 0 atom stereocenters. The third-order valence-electron chi connectivity index (χ3n) is 6.75. The number of hydrogen-bond donors (Lipinski definition) is 0. The summed E-state index contributed by atoms with van der Waals surface area (Å²) in [6.45, 7) is 4.78. The first-order valence-electron chi connectivity index (χ1n) is 11.4. The van der Waals surface area contributed by atoms with Crippen molar-refractivity contribution >= 4 is 39.6 Å². The maximum absolute atomic E-state index is 13.2. The van der Waals surface area contributed by atoms with Gasteiger partial charge < -0.3 is 9.13 Å². The third-order valence-corrected chi connectivity index (χ3v) is 6.75. The molecule has 1 aliphatic rings. The summed E-state index contributed by atoms with van der Waals surface area (Å²) in [6.07, 6.45) is 1.73. The van der Waals surface area contributed by atoms with Gasteiger partial charge in [0.2, 0.25) is 0 Å². The first kappa shape index (κ1) is 20.4. The molecule has 0 fully saturated rings. The second-order valence-corrected chi connectivity index (χ2v) is 8.84. The van der Waals surface area contributed by atoms with Crippen molar-refractivity contribution in [3.63, 3.8) is 0 Å². The van der Waals surface area contributed by atoms with Gasteiger partial charge in [0.15, 0.2) is 17.2 Å². The molecule has 0 amide bonds. The Kier molecular flexibility index (Phi) is 4.42. The van der Waals surface area contributed by atoms with Crippen molar-refractivity contribution in [1.82, 2.24) is 14.1 Å². The molecule has 0 radical (unpaired) electrons. The molecule has 0 saturated carbocycles. The Morgan fingerprint density at radius 2 is 1.50 bits per heavy atom. The quantitative estimate of drug-likeness (QED) is 0.253. The molecule has 5 heteroatoms. The van der Waals surface area contributed by atoms with Gasteiger partial charge in [-0.25, -0.2) is 4.98 Å². The highest BCUT2D eigenvalue weighted by Gasteiger charge is 2.34. The number of carbonyl (C=O) groups is 2. The molecule has 1 aliphatic carbocycles. The number of hydrogen-bond acceptors (Lipinski definition) is 3. The molecule has 3 aromatic carbocycles. The number of imidazole rings is 1. The van der Waals surface area contributed by atoms with Crippen molar-refractivity contribution in [2.75, 3.05) is 0 Å². The lowest BCUT2D eigenvalue weighted by molar-refractivity contribution is 0.0990. The van der Waals surface area contributed by atoms with Crippen LogP contribution in [0, 0.1) is 6.92 Å². The van der Waals surface area contributed by atoms with Gasteiger partial charge in [-0.2, -0.15) is 0 Å². The Balaban J connectivity index is 1.47. The van der Waals surface area contributed by atoms with E-state index in [0.717, 1.165) is 39.0 Å². The smallest absolute Gasteiger partial charge is 0.197 e. The normalized spacial score (nSPS) is 13.3. The zero-order valence-electron chi connectivity index (χ0n) is 19.3. The minimum atomic E-state index is -0.216. The average molecular weight is 446 g/mol. The summed E-state index contributed by atoms with van der Waals surface area (Å²) in [4.78, 5) is 31.4. The summed E-state index contributed by atoms with van der Waals surface area (Å²) < 4.78 is 4.12. The molecule has 6 rings (SSSR count). The molecule has 5 aromatic rings. The lowest BCUT2D eigenvalue weighted by Crippen LogP contribution is -2.03. The van der Waals surface area contributed by atoms with E-state index in [9.17, 15) is 9.59 Å². The van der Waals surface area contributed by atoms with E-state index in [1.54, 1.807) is 6.08 Å². The maximum Gasteiger partial charge on any atom is 0.197 e. The number of ketones is 2. The van der Waals surface area contributed by atoms with Crippen LogP contribution < -0.4 is 0 Å². The fourth-order valence-electron chi connectivity index (χ4n) is 4.90. The van der Waals surface area contributed by atoms with Crippen molar-refractivity contribution in [3.05, 3.63) is 94.7 Å². The van der Waals surface area contributed by atoms with E-state index in [4.69, 9.17) is 4.98 Å². The Hall–Kier alpha value is -4.25. The van der Waals surface area contributed by atoms with Crippen molar-refractivity contribution < 1.29 is 9.59 Å². The summed E-state index contributed by atoms with van der Waals surface area (Å²) in [5.74, 6) is 0.456. The predicted molar refractivity (Wildman–Crippen MR) is 135 cm³/mol. The van der Waals surface area contributed by atoms with Crippen LogP contribution in [0.5, 0.6) is 0 Å². The minimum absolute atomic E-state index is 0.210. The molecular weight excluding hydrogens is 422 g/mol. The van der Waals surface area contributed by atoms with Crippen LogP contribution >= 0.6 is 0 Å². The number of rotatable bonds is 3. The van der Waals surface area contributed by atoms with E-state index in [-0.39, 0.29) is 17.1 Å². The summed E-state index contributed by atoms with van der Waals surface area (Å²) in [7, 11) is 1.99. The number of benzene rings is 3. The molecule has 34 heavy (non-hydrogen) atoms. The van der Waals surface area contributed by atoms with E-state index in [0.29, 0.717) is 17.7 Å². The fraction of sp³-hybridized carbons (Fsp3) is 0.138. The molecule has 0 N–H and O–H groups in total. The number of carbonyl (C=O) groups excluding carboxylic acids is 2. The number of fused-ring (bicyclic) bond motifs is 3. The molecule has 2 heterocycles.